The molecule has 1 atom stereocenters. The van der Waals surface area contributed by atoms with Crippen molar-refractivity contribution in [3.63, 3.8) is 0 Å². The fraction of sp³-hybridized carbons (Fsp3) is 0.389. The van der Waals surface area contributed by atoms with Crippen LogP contribution >= 0.6 is 11.3 Å². The molecule has 0 saturated carbocycles. The van der Waals surface area contributed by atoms with Crippen LogP contribution in [0.15, 0.2) is 29.3 Å². The van der Waals surface area contributed by atoms with Crippen LogP contribution in [0.5, 0.6) is 0 Å². The molecule has 0 aliphatic carbocycles. The zero-order chi connectivity index (χ0) is 16.7. The Labute approximate surface area is 141 Å². The molecule has 0 N–H and O–H groups in total. The smallest absolute Gasteiger partial charge is 0.163 e. The minimum atomic E-state index is 0.0265. The van der Waals surface area contributed by atoms with E-state index >= 15 is 0 Å². The first kappa shape index (κ1) is 15.9. The van der Waals surface area contributed by atoms with Crippen LogP contribution in [0.3, 0.4) is 0 Å². The molecule has 4 nitrogen and oxygen atoms in total. The summed E-state index contributed by atoms with van der Waals surface area (Å²) in [5.41, 5.74) is 4.69. The Morgan fingerprint density at radius 2 is 2.04 bits per heavy atom. The third-order valence-corrected chi connectivity index (χ3v) is 5.56. The number of hydrogen-bond donors (Lipinski definition) is 0. The van der Waals surface area contributed by atoms with Gasteiger partial charge in [-0.3, -0.25) is 9.56 Å². The Morgan fingerprint density at radius 3 is 2.70 bits per heavy atom. The summed E-state index contributed by atoms with van der Waals surface area (Å²) in [6.45, 7) is 14.4. The molecule has 3 heterocycles. The van der Waals surface area contributed by atoms with Gasteiger partial charge in [-0.1, -0.05) is 25.7 Å². The highest BCUT2D eigenvalue weighted by Crippen LogP contribution is 2.39. The van der Waals surface area contributed by atoms with E-state index < -0.39 is 0 Å². The van der Waals surface area contributed by atoms with Crippen LogP contribution in [0.2, 0.25) is 0 Å². The van der Waals surface area contributed by atoms with Crippen LogP contribution < -0.4 is 0 Å². The Morgan fingerprint density at radius 1 is 1.30 bits per heavy atom. The van der Waals surface area contributed by atoms with Gasteiger partial charge in [0.1, 0.15) is 16.9 Å². The van der Waals surface area contributed by atoms with Crippen LogP contribution in [-0.2, 0) is 0 Å². The molecule has 5 heteroatoms. The number of fused-ring (bicyclic) bond motifs is 3. The molecule has 0 radical (unpaired) electrons. The third kappa shape index (κ3) is 2.39. The summed E-state index contributed by atoms with van der Waals surface area (Å²) in [7, 11) is 0. The summed E-state index contributed by atoms with van der Waals surface area (Å²) in [6.07, 6.45) is 4.75. The second kappa shape index (κ2) is 5.89. The van der Waals surface area contributed by atoms with E-state index in [9.17, 15) is 0 Å². The second-order valence-electron chi connectivity index (χ2n) is 5.89. The first-order valence-corrected chi connectivity index (χ1v) is 8.71. The lowest BCUT2D eigenvalue weighted by atomic mass is 10.0. The lowest BCUT2D eigenvalue weighted by Gasteiger charge is -2.10. The second-order valence-corrected chi connectivity index (χ2v) is 7.09. The molecule has 0 spiro atoms. The number of rotatable bonds is 3. The molecule has 0 aromatic carbocycles. The monoisotopic (exact) mass is 326 g/mol. The topological polar surface area (TPSA) is 43.1 Å². The van der Waals surface area contributed by atoms with E-state index in [0.29, 0.717) is 0 Å². The van der Waals surface area contributed by atoms with Crippen molar-refractivity contribution in [2.45, 2.75) is 47.1 Å². The van der Waals surface area contributed by atoms with Crippen LogP contribution in [0.1, 0.15) is 54.0 Å². The number of thiophene rings is 1. The van der Waals surface area contributed by atoms with Gasteiger partial charge in [0.25, 0.3) is 0 Å². The largest absolute Gasteiger partial charge is 0.273 e. The van der Waals surface area contributed by atoms with Crippen molar-refractivity contribution in [2.24, 2.45) is 4.99 Å². The zero-order valence-electron chi connectivity index (χ0n) is 14.3. The summed E-state index contributed by atoms with van der Waals surface area (Å²) in [5.74, 6) is 1.86. The highest BCUT2D eigenvalue weighted by molar-refractivity contribution is 7.15. The van der Waals surface area contributed by atoms with Crippen molar-refractivity contribution in [1.29, 1.82) is 0 Å². The van der Waals surface area contributed by atoms with Gasteiger partial charge in [0, 0.05) is 10.4 Å². The molecule has 1 aliphatic rings. The average Bonchev–Trinajstić information content (AvgIpc) is 2.98. The number of allylic oxidation sites excluding steroid dienone is 3. The lowest BCUT2D eigenvalue weighted by Crippen LogP contribution is -2.06. The van der Waals surface area contributed by atoms with Crippen LogP contribution in [0.25, 0.3) is 5.00 Å². The van der Waals surface area contributed by atoms with E-state index in [1.807, 2.05) is 19.1 Å². The molecule has 3 rings (SSSR count). The number of nitrogens with zero attached hydrogens (tertiary/aromatic N) is 4. The summed E-state index contributed by atoms with van der Waals surface area (Å²) in [6, 6.07) is 0.0265. The van der Waals surface area contributed by atoms with Crippen molar-refractivity contribution in [1.82, 2.24) is 14.8 Å². The maximum absolute atomic E-state index is 5.07. The van der Waals surface area contributed by atoms with Crippen molar-refractivity contribution < 1.29 is 0 Å². The van der Waals surface area contributed by atoms with Gasteiger partial charge in [0.15, 0.2) is 5.82 Å². The van der Waals surface area contributed by atoms with E-state index in [-0.39, 0.29) is 6.04 Å². The molecular formula is C18H22N4S. The molecule has 1 aliphatic heterocycles. The first-order chi connectivity index (χ1) is 11.0. The van der Waals surface area contributed by atoms with E-state index in [1.165, 1.54) is 21.0 Å². The summed E-state index contributed by atoms with van der Waals surface area (Å²) in [5, 5.41) is 9.91. The van der Waals surface area contributed by atoms with E-state index in [0.717, 1.165) is 29.4 Å². The molecule has 120 valence electrons. The number of aryl methyl sites for hydroxylation is 2. The maximum Gasteiger partial charge on any atom is 0.163 e. The fourth-order valence-corrected chi connectivity index (χ4v) is 4.21. The van der Waals surface area contributed by atoms with Crippen molar-refractivity contribution in [2.75, 3.05) is 0 Å². The van der Waals surface area contributed by atoms with Crippen LogP contribution in [-0.4, -0.2) is 20.5 Å². The third-order valence-electron chi connectivity index (χ3n) is 4.37. The Kier molecular flexibility index (Phi) is 4.06. The highest BCUT2D eigenvalue weighted by Gasteiger charge is 2.30. The van der Waals surface area contributed by atoms with Gasteiger partial charge in [-0.15, -0.1) is 21.5 Å². The Bertz CT molecular complexity index is 836. The SMILES string of the molecule is C=C/C=C(\C)C1=N[C@@H](CC)c2nnc(C)n2-c2sc(C)c(C)c21. The van der Waals surface area contributed by atoms with Crippen LogP contribution in [0, 0.1) is 20.8 Å². The van der Waals surface area contributed by atoms with Gasteiger partial charge in [-0.05, 0) is 45.3 Å². The highest BCUT2D eigenvalue weighted by atomic mass is 32.1. The Hall–Kier alpha value is -2.01. The molecule has 0 unspecified atom stereocenters. The number of aliphatic imine (C=N–C) groups is 1. The number of aromatic nitrogens is 3. The molecule has 2 aromatic heterocycles. The molecule has 0 bridgehead atoms. The average molecular weight is 326 g/mol. The van der Waals surface area contributed by atoms with Gasteiger partial charge in [0.05, 0.1) is 5.71 Å². The van der Waals surface area contributed by atoms with Crippen LogP contribution in [0.4, 0.5) is 0 Å². The molecule has 0 fully saturated rings. The summed E-state index contributed by atoms with van der Waals surface area (Å²) in [4.78, 5) is 6.38. The van der Waals surface area contributed by atoms with Gasteiger partial charge in [-0.2, -0.15) is 0 Å². The summed E-state index contributed by atoms with van der Waals surface area (Å²) < 4.78 is 2.19. The quantitative estimate of drug-likeness (QED) is 0.771. The summed E-state index contributed by atoms with van der Waals surface area (Å²) >= 11 is 1.79. The maximum atomic E-state index is 5.07. The minimum absolute atomic E-state index is 0.0265. The van der Waals surface area contributed by atoms with E-state index in [1.54, 1.807) is 11.3 Å². The lowest BCUT2D eigenvalue weighted by molar-refractivity contribution is 0.640. The van der Waals surface area contributed by atoms with Gasteiger partial charge in [0.2, 0.25) is 0 Å². The van der Waals surface area contributed by atoms with E-state index in [2.05, 4.69) is 49.0 Å². The molecular weight excluding hydrogens is 304 g/mol. The van der Waals surface area contributed by atoms with Crippen molar-refractivity contribution in [3.8, 4) is 5.00 Å². The normalized spacial score (nSPS) is 17.3. The fourth-order valence-electron chi connectivity index (χ4n) is 3.00. The minimum Gasteiger partial charge on any atom is -0.273 e. The molecule has 0 amide bonds. The zero-order valence-corrected chi connectivity index (χ0v) is 15.2. The molecule has 23 heavy (non-hydrogen) atoms. The van der Waals surface area contributed by atoms with Gasteiger partial charge >= 0.3 is 0 Å². The van der Waals surface area contributed by atoms with Gasteiger partial charge in [-0.25, -0.2) is 0 Å². The molecule has 0 saturated heterocycles. The van der Waals surface area contributed by atoms with Gasteiger partial charge < -0.3 is 0 Å². The first-order valence-electron chi connectivity index (χ1n) is 7.89. The predicted octanol–water partition coefficient (Wildman–Crippen LogP) is 4.64. The standard InChI is InChI=1S/C18H22N4S/c1-7-9-10(3)16-15-11(4)12(5)23-18(15)22-13(6)20-21-17(22)14(8-2)19-16/h7,9,14H,1,8H2,2-6H3/b10-9+/t14-/m0/s1. The predicted molar refractivity (Wildman–Crippen MR) is 97.0 cm³/mol. The van der Waals surface area contributed by atoms with Crippen molar-refractivity contribution >= 4 is 17.0 Å². The molecule has 2 aromatic rings. The van der Waals surface area contributed by atoms with E-state index in [4.69, 9.17) is 4.99 Å². The number of hydrogen-bond acceptors (Lipinski definition) is 4. The Balaban J connectivity index is 2.39. The van der Waals surface area contributed by atoms with Crippen molar-refractivity contribution in [3.05, 3.63) is 52.0 Å².